The van der Waals surface area contributed by atoms with Crippen molar-refractivity contribution in [3.8, 4) is 11.5 Å². The van der Waals surface area contributed by atoms with Crippen molar-refractivity contribution in [2.24, 2.45) is 5.90 Å². The summed E-state index contributed by atoms with van der Waals surface area (Å²) in [7, 11) is 1.52. The third-order valence-electron chi connectivity index (χ3n) is 3.08. The lowest BCUT2D eigenvalue weighted by molar-refractivity contribution is 0.116. The number of aromatic hydroxyl groups is 1. The van der Waals surface area contributed by atoms with Crippen molar-refractivity contribution in [1.29, 1.82) is 0 Å². The zero-order valence-corrected chi connectivity index (χ0v) is 10.6. The topological polar surface area (TPSA) is 64.7 Å². The van der Waals surface area contributed by atoms with Crippen molar-refractivity contribution in [3.05, 3.63) is 22.2 Å². The summed E-state index contributed by atoms with van der Waals surface area (Å²) in [6, 6.07) is 3.70. The average Bonchev–Trinajstić information content (AvgIpc) is 3.03. The molecule has 2 rings (SSSR count). The molecule has 0 unspecified atom stereocenters. The highest BCUT2D eigenvalue weighted by Gasteiger charge is 2.46. The van der Waals surface area contributed by atoms with E-state index >= 15 is 0 Å². The van der Waals surface area contributed by atoms with Crippen LogP contribution in [0.25, 0.3) is 0 Å². The number of rotatable bonds is 4. The fourth-order valence-corrected chi connectivity index (χ4v) is 2.67. The Morgan fingerprint density at radius 3 is 2.69 bits per heavy atom. The standard InChI is InChI=1S/C11H14BrNO3/c1-15-8-3-2-7(9(12)10(8)14)11(4-5-11)6-16-13/h2-3,14H,4-6,13H2,1H3. The second kappa shape index (κ2) is 4.24. The molecule has 4 nitrogen and oxygen atoms in total. The quantitative estimate of drug-likeness (QED) is 0.833. The summed E-state index contributed by atoms with van der Waals surface area (Å²) >= 11 is 3.39. The monoisotopic (exact) mass is 287 g/mol. The first-order valence-corrected chi connectivity index (χ1v) is 5.81. The molecule has 0 radical (unpaired) electrons. The third-order valence-corrected chi connectivity index (χ3v) is 3.89. The molecule has 0 saturated heterocycles. The molecule has 0 aliphatic heterocycles. The highest BCUT2D eigenvalue weighted by atomic mass is 79.9. The number of hydrogen-bond donors (Lipinski definition) is 2. The van der Waals surface area contributed by atoms with E-state index in [4.69, 9.17) is 15.5 Å². The Bertz CT molecular complexity index is 404. The van der Waals surface area contributed by atoms with Gasteiger partial charge in [-0.1, -0.05) is 6.07 Å². The minimum atomic E-state index is -0.0443. The highest BCUT2D eigenvalue weighted by molar-refractivity contribution is 9.10. The van der Waals surface area contributed by atoms with E-state index in [-0.39, 0.29) is 11.2 Å². The second-order valence-electron chi connectivity index (χ2n) is 4.07. The van der Waals surface area contributed by atoms with Gasteiger partial charge in [-0.05, 0) is 40.4 Å². The van der Waals surface area contributed by atoms with Crippen molar-refractivity contribution in [1.82, 2.24) is 0 Å². The normalized spacial score (nSPS) is 17.2. The third kappa shape index (κ3) is 1.79. The maximum absolute atomic E-state index is 9.89. The molecule has 0 heterocycles. The number of nitrogens with two attached hydrogens (primary N) is 1. The van der Waals surface area contributed by atoms with Crippen molar-refractivity contribution >= 4 is 15.9 Å². The van der Waals surface area contributed by atoms with Gasteiger partial charge in [0.1, 0.15) is 0 Å². The second-order valence-corrected chi connectivity index (χ2v) is 4.86. The summed E-state index contributed by atoms with van der Waals surface area (Å²) in [5.74, 6) is 5.72. The summed E-state index contributed by atoms with van der Waals surface area (Å²) in [5, 5.41) is 9.89. The van der Waals surface area contributed by atoms with Crippen LogP contribution in [0.4, 0.5) is 0 Å². The molecule has 1 fully saturated rings. The average molecular weight is 288 g/mol. The van der Waals surface area contributed by atoms with E-state index in [0.717, 1.165) is 18.4 Å². The molecular weight excluding hydrogens is 274 g/mol. The predicted molar refractivity (Wildman–Crippen MR) is 63.4 cm³/mol. The Balaban J connectivity index is 2.40. The SMILES string of the molecule is COc1ccc(C2(CON)CC2)c(Br)c1O. The molecule has 0 amide bonds. The molecular formula is C11H14BrNO3. The van der Waals surface area contributed by atoms with Crippen LogP contribution in [-0.4, -0.2) is 18.8 Å². The first kappa shape index (κ1) is 11.7. The van der Waals surface area contributed by atoms with Crippen molar-refractivity contribution in [3.63, 3.8) is 0 Å². The van der Waals surface area contributed by atoms with E-state index in [0.29, 0.717) is 16.8 Å². The van der Waals surface area contributed by atoms with Gasteiger partial charge in [-0.2, -0.15) is 0 Å². The summed E-state index contributed by atoms with van der Waals surface area (Å²) in [6.45, 7) is 0.470. The Kier molecular flexibility index (Phi) is 3.10. The number of benzene rings is 1. The van der Waals surface area contributed by atoms with Crippen LogP contribution in [0.15, 0.2) is 16.6 Å². The van der Waals surface area contributed by atoms with Gasteiger partial charge in [0, 0.05) is 5.41 Å². The van der Waals surface area contributed by atoms with E-state index in [9.17, 15) is 5.11 Å². The lowest BCUT2D eigenvalue weighted by atomic mass is 9.96. The van der Waals surface area contributed by atoms with Crippen LogP contribution < -0.4 is 10.6 Å². The van der Waals surface area contributed by atoms with Gasteiger partial charge in [0.15, 0.2) is 11.5 Å². The fraction of sp³-hybridized carbons (Fsp3) is 0.455. The minimum Gasteiger partial charge on any atom is -0.503 e. The van der Waals surface area contributed by atoms with Gasteiger partial charge >= 0.3 is 0 Å². The summed E-state index contributed by atoms with van der Waals surface area (Å²) in [4.78, 5) is 4.74. The highest BCUT2D eigenvalue weighted by Crippen LogP contribution is 2.53. The summed E-state index contributed by atoms with van der Waals surface area (Å²) in [6.07, 6.45) is 2.04. The predicted octanol–water partition coefficient (Wildman–Crippen LogP) is 2.09. The van der Waals surface area contributed by atoms with E-state index in [1.54, 1.807) is 6.07 Å². The summed E-state index contributed by atoms with van der Waals surface area (Å²) in [5.41, 5.74) is 0.980. The van der Waals surface area contributed by atoms with Crippen LogP contribution in [0.3, 0.4) is 0 Å². The van der Waals surface area contributed by atoms with Gasteiger partial charge < -0.3 is 14.7 Å². The van der Waals surface area contributed by atoms with Crippen molar-refractivity contribution < 1.29 is 14.7 Å². The Hall–Kier alpha value is -0.780. The molecule has 1 aliphatic carbocycles. The van der Waals surface area contributed by atoms with Gasteiger partial charge in [-0.15, -0.1) is 0 Å². The molecule has 1 aromatic rings. The number of hydrogen-bond acceptors (Lipinski definition) is 4. The number of methoxy groups -OCH3 is 1. The maximum atomic E-state index is 9.89. The van der Waals surface area contributed by atoms with E-state index in [2.05, 4.69) is 15.9 Å². The molecule has 0 spiro atoms. The molecule has 5 heteroatoms. The van der Waals surface area contributed by atoms with Crippen LogP contribution in [-0.2, 0) is 10.3 Å². The largest absolute Gasteiger partial charge is 0.503 e. The van der Waals surface area contributed by atoms with Gasteiger partial charge in [-0.3, -0.25) is 0 Å². The zero-order chi connectivity index (χ0) is 11.8. The molecule has 0 aromatic heterocycles. The van der Waals surface area contributed by atoms with E-state index in [1.807, 2.05) is 6.07 Å². The van der Waals surface area contributed by atoms with Crippen LogP contribution in [0, 0.1) is 0 Å². The van der Waals surface area contributed by atoms with Crippen molar-refractivity contribution in [2.45, 2.75) is 18.3 Å². The van der Waals surface area contributed by atoms with Crippen molar-refractivity contribution in [2.75, 3.05) is 13.7 Å². The zero-order valence-electron chi connectivity index (χ0n) is 9.00. The van der Waals surface area contributed by atoms with Gasteiger partial charge in [0.2, 0.25) is 0 Å². The molecule has 1 aromatic carbocycles. The molecule has 1 saturated carbocycles. The smallest absolute Gasteiger partial charge is 0.172 e. The number of phenols is 1. The number of ether oxygens (including phenoxy) is 1. The Labute approximate surface area is 102 Å². The molecule has 3 N–H and O–H groups in total. The van der Waals surface area contributed by atoms with Gasteiger partial charge in [0.25, 0.3) is 0 Å². The first-order valence-electron chi connectivity index (χ1n) is 5.02. The van der Waals surface area contributed by atoms with Crippen LogP contribution in [0.1, 0.15) is 18.4 Å². The lowest BCUT2D eigenvalue weighted by Crippen LogP contribution is -2.18. The lowest BCUT2D eigenvalue weighted by Gasteiger charge is -2.17. The maximum Gasteiger partial charge on any atom is 0.172 e. The molecule has 88 valence electrons. The molecule has 0 bridgehead atoms. The van der Waals surface area contributed by atoms with Gasteiger partial charge in [0.05, 0.1) is 18.2 Å². The Morgan fingerprint density at radius 2 is 2.19 bits per heavy atom. The molecule has 16 heavy (non-hydrogen) atoms. The van der Waals surface area contributed by atoms with Crippen LogP contribution in [0.2, 0.25) is 0 Å². The number of phenolic OH excluding ortho intramolecular Hbond substituents is 1. The van der Waals surface area contributed by atoms with Crippen LogP contribution in [0.5, 0.6) is 11.5 Å². The van der Waals surface area contributed by atoms with E-state index < -0.39 is 0 Å². The van der Waals surface area contributed by atoms with Crippen LogP contribution >= 0.6 is 15.9 Å². The minimum absolute atomic E-state index is 0.0443. The molecule has 0 atom stereocenters. The fourth-order valence-electron chi connectivity index (χ4n) is 1.92. The van der Waals surface area contributed by atoms with Gasteiger partial charge in [-0.25, -0.2) is 5.90 Å². The molecule has 1 aliphatic rings. The summed E-state index contributed by atoms with van der Waals surface area (Å²) < 4.78 is 5.71. The first-order chi connectivity index (χ1) is 7.64. The Morgan fingerprint density at radius 1 is 1.50 bits per heavy atom. The number of halogens is 1. The van der Waals surface area contributed by atoms with E-state index in [1.165, 1.54) is 7.11 Å².